The van der Waals surface area contributed by atoms with Gasteiger partial charge in [-0.05, 0) is 25.5 Å². The van der Waals surface area contributed by atoms with Crippen LogP contribution in [0.5, 0.6) is 0 Å². The number of rotatable bonds is 5. The van der Waals surface area contributed by atoms with Gasteiger partial charge in [0.2, 0.25) is 5.91 Å². The Morgan fingerprint density at radius 2 is 1.96 bits per heavy atom. The Morgan fingerprint density at radius 1 is 1.17 bits per heavy atom. The molecule has 3 aromatic rings. The van der Waals surface area contributed by atoms with Crippen molar-refractivity contribution in [2.75, 3.05) is 0 Å². The molecule has 122 valence electrons. The highest BCUT2D eigenvalue weighted by molar-refractivity contribution is 7.12. The van der Waals surface area contributed by atoms with Crippen LogP contribution in [0.3, 0.4) is 0 Å². The molecule has 0 spiro atoms. The van der Waals surface area contributed by atoms with Crippen LogP contribution >= 0.6 is 11.3 Å². The number of carbonyl (C=O) groups excluding carboxylic acids is 1. The monoisotopic (exact) mass is 337 g/mol. The number of hydrogen-bond acceptors (Lipinski definition) is 4. The second kappa shape index (κ2) is 7.36. The lowest BCUT2D eigenvalue weighted by Gasteiger charge is -2.06. The van der Waals surface area contributed by atoms with Crippen LogP contribution in [0, 0.1) is 13.8 Å². The predicted molar refractivity (Wildman–Crippen MR) is 96.8 cm³/mol. The first-order chi connectivity index (χ1) is 11.6. The Bertz CT molecular complexity index is 826. The summed E-state index contributed by atoms with van der Waals surface area (Å²) in [5.74, 6) is -0.00383. The van der Waals surface area contributed by atoms with Crippen LogP contribution in [0.4, 0.5) is 0 Å². The summed E-state index contributed by atoms with van der Waals surface area (Å²) in [7, 11) is 0. The van der Waals surface area contributed by atoms with Crippen LogP contribution < -0.4 is 5.32 Å². The molecule has 0 aliphatic carbocycles. The number of benzene rings is 1. The van der Waals surface area contributed by atoms with Crippen molar-refractivity contribution in [2.45, 2.75) is 26.8 Å². The highest BCUT2D eigenvalue weighted by Gasteiger charge is 2.14. The molecule has 0 fully saturated rings. The highest BCUT2D eigenvalue weighted by Crippen LogP contribution is 2.28. The summed E-state index contributed by atoms with van der Waals surface area (Å²) in [5, 5.41) is 3.92. The van der Waals surface area contributed by atoms with Crippen LogP contribution in [-0.2, 0) is 17.8 Å². The second-order valence-corrected chi connectivity index (χ2v) is 6.97. The van der Waals surface area contributed by atoms with Crippen LogP contribution in [0.15, 0.2) is 48.8 Å². The predicted octanol–water partition coefficient (Wildman–Crippen LogP) is 3.68. The molecule has 4 nitrogen and oxygen atoms in total. The number of aryl methyl sites for hydroxylation is 2. The molecular formula is C19H19N3OS. The van der Waals surface area contributed by atoms with E-state index in [1.807, 2.05) is 19.1 Å². The van der Waals surface area contributed by atoms with E-state index < -0.39 is 0 Å². The maximum Gasteiger partial charge on any atom is 0.225 e. The average Bonchev–Trinajstić information content (AvgIpc) is 2.95. The lowest BCUT2D eigenvalue weighted by Crippen LogP contribution is -2.24. The first-order valence-electron chi connectivity index (χ1n) is 7.81. The SMILES string of the molecule is Cc1ccc(-c2nc(C)sc2CC(=O)NCc2cccnc2)cc1. The van der Waals surface area contributed by atoms with E-state index in [1.165, 1.54) is 5.56 Å². The van der Waals surface area contributed by atoms with E-state index in [0.717, 1.165) is 26.7 Å². The number of carbonyl (C=O) groups is 1. The van der Waals surface area contributed by atoms with Gasteiger partial charge in [-0.25, -0.2) is 4.98 Å². The molecule has 5 heteroatoms. The molecule has 0 bridgehead atoms. The second-order valence-electron chi connectivity index (χ2n) is 5.69. The number of nitrogens with zero attached hydrogens (tertiary/aromatic N) is 2. The summed E-state index contributed by atoms with van der Waals surface area (Å²) in [6.45, 7) is 4.52. The van der Waals surface area contributed by atoms with Gasteiger partial charge in [0.05, 0.1) is 17.1 Å². The van der Waals surface area contributed by atoms with Crippen molar-refractivity contribution in [1.82, 2.24) is 15.3 Å². The van der Waals surface area contributed by atoms with E-state index in [2.05, 4.69) is 46.5 Å². The zero-order chi connectivity index (χ0) is 16.9. The maximum atomic E-state index is 12.3. The van der Waals surface area contributed by atoms with Gasteiger partial charge >= 0.3 is 0 Å². The van der Waals surface area contributed by atoms with Gasteiger partial charge in [-0.2, -0.15) is 0 Å². The summed E-state index contributed by atoms with van der Waals surface area (Å²) >= 11 is 1.58. The van der Waals surface area contributed by atoms with Crippen molar-refractivity contribution in [2.24, 2.45) is 0 Å². The summed E-state index contributed by atoms with van der Waals surface area (Å²) in [4.78, 5) is 21.9. The molecule has 0 aliphatic heterocycles. The van der Waals surface area contributed by atoms with Gasteiger partial charge in [0, 0.05) is 29.4 Å². The van der Waals surface area contributed by atoms with E-state index in [1.54, 1.807) is 23.7 Å². The fraction of sp³-hybridized carbons (Fsp3) is 0.211. The van der Waals surface area contributed by atoms with Crippen molar-refractivity contribution < 1.29 is 4.79 Å². The molecule has 0 unspecified atom stereocenters. The van der Waals surface area contributed by atoms with E-state index in [4.69, 9.17) is 0 Å². The minimum atomic E-state index is -0.00383. The maximum absolute atomic E-state index is 12.3. The number of nitrogens with one attached hydrogen (secondary N) is 1. The quantitative estimate of drug-likeness (QED) is 0.773. The summed E-state index contributed by atoms with van der Waals surface area (Å²) in [6.07, 6.45) is 3.82. The van der Waals surface area contributed by atoms with E-state index in [-0.39, 0.29) is 5.91 Å². The third kappa shape index (κ3) is 4.06. The molecule has 0 saturated carbocycles. The molecule has 1 aromatic carbocycles. The zero-order valence-corrected chi connectivity index (χ0v) is 14.6. The smallest absolute Gasteiger partial charge is 0.225 e. The molecule has 2 heterocycles. The van der Waals surface area contributed by atoms with Gasteiger partial charge in [0.15, 0.2) is 0 Å². The molecule has 1 N–H and O–H groups in total. The van der Waals surface area contributed by atoms with Crippen LogP contribution in [0.25, 0.3) is 11.3 Å². The number of aromatic nitrogens is 2. The topological polar surface area (TPSA) is 54.9 Å². The van der Waals surface area contributed by atoms with Crippen LogP contribution in [0.2, 0.25) is 0 Å². The molecular weight excluding hydrogens is 318 g/mol. The summed E-state index contributed by atoms with van der Waals surface area (Å²) in [6, 6.07) is 12.1. The molecule has 1 amide bonds. The zero-order valence-electron chi connectivity index (χ0n) is 13.7. The largest absolute Gasteiger partial charge is 0.352 e. The minimum absolute atomic E-state index is 0.00383. The van der Waals surface area contributed by atoms with E-state index >= 15 is 0 Å². The summed E-state index contributed by atoms with van der Waals surface area (Å²) < 4.78 is 0. The highest BCUT2D eigenvalue weighted by atomic mass is 32.1. The van der Waals surface area contributed by atoms with Gasteiger partial charge in [0.1, 0.15) is 0 Å². The first kappa shape index (κ1) is 16.3. The molecule has 0 saturated heterocycles. The van der Waals surface area contributed by atoms with Crippen molar-refractivity contribution >= 4 is 17.2 Å². The Morgan fingerprint density at radius 3 is 2.67 bits per heavy atom. The number of pyridine rings is 1. The Kier molecular flexibility index (Phi) is 5.01. The fourth-order valence-corrected chi connectivity index (χ4v) is 3.39. The molecule has 0 atom stereocenters. The lowest BCUT2D eigenvalue weighted by molar-refractivity contribution is -0.120. The normalized spacial score (nSPS) is 10.6. The van der Waals surface area contributed by atoms with Gasteiger partial charge in [-0.15, -0.1) is 11.3 Å². The third-order valence-electron chi connectivity index (χ3n) is 3.66. The summed E-state index contributed by atoms with van der Waals surface area (Å²) in [5.41, 5.74) is 4.17. The van der Waals surface area contributed by atoms with Crippen molar-refractivity contribution in [3.05, 3.63) is 69.8 Å². The number of hydrogen-bond donors (Lipinski definition) is 1. The van der Waals surface area contributed by atoms with Crippen molar-refractivity contribution in [3.63, 3.8) is 0 Å². The van der Waals surface area contributed by atoms with Crippen molar-refractivity contribution in [1.29, 1.82) is 0 Å². The van der Waals surface area contributed by atoms with Gasteiger partial charge < -0.3 is 5.32 Å². The molecule has 0 aliphatic rings. The molecule has 24 heavy (non-hydrogen) atoms. The van der Waals surface area contributed by atoms with Crippen LogP contribution in [-0.4, -0.2) is 15.9 Å². The van der Waals surface area contributed by atoms with E-state index in [0.29, 0.717) is 13.0 Å². The standard InChI is InChI=1S/C19H19N3OS/c1-13-5-7-16(8-6-13)19-17(24-14(2)22-19)10-18(23)21-12-15-4-3-9-20-11-15/h3-9,11H,10,12H2,1-2H3,(H,21,23). The van der Waals surface area contributed by atoms with Gasteiger partial charge in [0.25, 0.3) is 0 Å². The van der Waals surface area contributed by atoms with Gasteiger partial charge in [-0.3, -0.25) is 9.78 Å². The van der Waals surface area contributed by atoms with E-state index in [9.17, 15) is 4.79 Å². The van der Waals surface area contributed by atoms with Crippen LogP contribution in [0.1, 0.15) is 21.0 Å². The van der Waals surface area contributed by atoms with Gasteiger partial charge in [-0.1, -0.05) is 35.9 Å². The Labute approximate surface area is 145 Å². The van der Waals surface area contributed by atoms with Crippen molar-refractivity contribution in [3.8, 4) is 11.3 Å². The molecule has 2 aromatic heterocycles. The first-order valence-corrected chi connectivity index (χ1v) is 8.62. The Hall–Kier alpha value is -2.53. The Balaban J connectivity index is 1.71. The molecule has 3 rings (SSSR count). The number of thiazole rings is 1. The molecule has 0 radical (unpaired) electrons. The number of amides is 1. The minimum Gasteiger partial charge on any atom is -0.352 e. The third-order valence-corrected chi connectivity index (χ3v) is 4.63. The average molecular weight is 337 g/mol. The lowest BCUT2D eigenvalue weighted by atomic mass is 10.1. The fourth-order valence-electron chi connectivity index (χ4n) is 2.44.